The molecule has 0 aliphatic carbocycles. The maximum atomic E-state index is 13.5. The van der Waals surface area contributed by atoms with E-state index in [2.05, 4.69) is 38.6 Å². The highest BCUT2D eigenvalue weighted by molar-refractivity contribution is 7.97. The average Bonchev–Trinajstić information content (AvgIpc) is 3.25. The van der Waals surface area contributed by atoms with Crippen LogP contribution in [-0.4, -0.2) is 67.2 Å². The number of benzene rings is 2. The molecular formula is C26H35FN4OS. The van der Waals surface area contributed by atoms with E-state index in [9.17, 15) is 4.39 Å². The molecule has 33 heavy (non-hydrogen) atoms. The quantitative estimate of drug-likeness (QED) is 0.290. The van der Waals surface area contributed by atoms with Crippen molar-refractivity contribution in [3.63, 3.8) is 0 Å². The SMILES string of the molecule is CCN1CCN(CCCOc2ccc(SNCCCc3c[nH]c4ccc(F)cc34)cc2)CC1. The van der Waals surface area contributed by atoms with E-state index < -0.39 is 0 Å². The molecule has 0 unspecified atom stereocenters. The molecule has 2 aromatic carbocycles. The molecule has 2 heterocycles. The van der Waals surface area contributed by atoms with E-state index in [0.29, 0.717) is 0 Å². The molecule has 0 atom stereocenters. The number of hydrogen-bond acceptors (Lipinski definition) is 5. The second kappa shape index (κ2) is 12.4. The molecule has 1 aliphatic heterocycles. The van der Waals surface area contributed by atoms with E-state index in [1.165, 1.54) is 42.7 Å². The van der Waals surface area contributed by atoms with Gasteiger partial charge < -0.3 is 19.5 Å². The topological polar surface area (TPSA) is 43.5 Å². The average molecular weight is 471 g/mol. The molecule has 5 nitrogen and oxygen atoms in total. The number of likely N-dealkylation sites (N-methyl/N-ethyl adjacent to an activating group) is 1. The van der Waals surface area contributed by atoms with Crippen LogP contribution in [0.1, 0.15) is 25.3 Å². The van der Waals surface area contributed by atoms with Crippen molar-refractivity contribution in [1.82, 2.24) is 19.5 Å². The molecule has 3 aromatic rings. The summed E-state index contributed by atoms with van der Waals surface area (Å²) in [5.74, 6) is 0.747. The highest BCUT2D eigenvalue weighted by Crippen LogP contribution is 2.22. The Morgan fingerprint density at radius 2 is 1.82 bits per heavy atom. The lowest BCUT2D eigenvalue weighted by Gasteiger charge is -2.33. The number of piperazine rings is 1. The van der Waals surface area contributed by atoms with Crippen molar-refractivity contribution in [2.75, 3.05) is 52.4 Å². The van der Waals surface area contributed by atoms with E-state index in [1.807, 2.05) is 18.3 Å². The maximum Gasteiger partial charge on any atom is 0.123 e. The summed E-state index contributed by atoms with van der Waals surface area (Å²) >= 11 is 1.64. The van der Waals surface area contributed by atoms with Crippen LogP contribution < -0.4 is 9.46 Å². The normalized spacial score (nSPS) is 15.3. The highest BCUT2D eigenvalue weighted by Gasteiger charge is 2.14. The van der Waals surface area contributed by atoms with Crippen molar-refractivity contribution in [3.05, 3.63) is 60.0 Å². The molecule has 1 fully saturated rings. The van der Waals surface area contributed by atoms with Crippen molar-refractivity contribution in [2.45, 2.75) is 31.1 Å². The highest BCUT2D eigenvalue weighted by atomic mass is 32.2. The standard InChI is InChI=1S/C26H35FN4OS/c1-2-30-14-16-31(17-15-30)13-4-18-32-23-7-9-24(10-8-23)33-29-12-3-5-21-20-28-26-11-6-22(27)19-25(21)26/h6-11,19-20,28-29H,2-5,12-18H2,1H3. The van der Waals surface area contributed by atoms with Gasteiger partial charge in [0.15, 0.2) is 0 Å². The Bertz CT molecular complexity index is 986. The van der Waals surface area contributed by atoms with E-state index in [4.69, 9.17) is 4.74 Å². The van der Waals surface area contributed by atoms with Gasteiger partial charge in [-0.2, -0.15) is 0 Å². The number of nitrogens with zero attached hydrogens (tertiary/aromatic N) is 2. The number of nitrogens with one attached hydrogen (secondary N) is 2. The fourth-order valence-electron chi connectivity index (χ4n) is 4.25. The van der Waals surface area contributed by atoms with E-state index >= 15 is 0 Å². The fraction of sp³-hybridized carbons (Fsp3) is 0.462. The summed E-state index contributed by atoms with van der Waals surface area (Å²) in [6, 6.07) is 13.2. The van der Waals surface area contributed by atoms with Crippen molar-refractivity contribution in [1.29, 1.82) is 0 Å². The minimum Gasteiger partial charge on any atom is -0.494 e. The third kappa shape index (κ3) is 7.21. The number of hydrogen-bond donors (Lipinski definition) is 2. The first-order valence-corrected chi connectivity index (χ1v) is 12.9. The summed E-state index contributed by atoms with van der Waals surface area (Å²) in [4.78, 5) is 9.44. The summed E-state index contributed by atoms with van der Waals surface area (Å²) in [5, 5.41) is 0.984. The smallest absolute Gasteiger partial charge is 0.123 e. The van der Waals surface area contributed by atoms with Gasteiger partial charge in [0.2, 0.25) is 0 Å². The van der Waals surface area contributed by atoms with Gasteiger partial charge in [-0.1, -0.05) is 6.92 Å². The summed E-state index contributed by atoms with van der Waals surface area (Å²) < 4.78 is 22.8. The lowest BCUT2D eigenvalue weighted by atomic mass is 10.1. The zero-order chi connectivity index (χ0) is 22.9. The molecule has 1 aromatic heterocycles. The van der Waals surface area contributed by atoms with E-state index in [-0.39, 0.29) is 5.82 Å². The zero-order valence-electron chi connectivity index (χ0n) is 19.5. The molecule has 0 radical (unpaired) electrons. The van der Waals surface area contributed by atoms with Gasteiger partial charge in [-0.15, -0.1) is 0 Å². The van der Waals surface area contributed by atoms with Crippen LogP contribution in [0.4, 0.5) is 4.39 Å². The Hall–Kier alpha value is -2.06. The summed E-state index contributed by atoms with van der Waals surface area (Å²) in [6.45, 7) is 10.9. The molecule has 4 rings (SSSR count). The third-order valence-electron chi connectivity index (χ3n) is 6.27. The Morgan fingerprint density at radius 3 is 2.61 bits per heavy atom. The lowest BCUT2D eigenvalue weighted by molar-refractivity contribution is 0.130. The molecule has 2 N–H and O–H groups in total. The Morgan fingerprint density at radius 1 is 1.03 bits per heavy atom. The number of rotatable bonds is 12. The van der Waals surface area contributed by atoms with Crippen LogP contribution in [0.3, 0.4) is 0 Å². The van der Waals surface area contributed by atoms with E-state index in [0.717, 1.165) is 62.2 Å². The minimum atomic E-state index is -0.185. The van der Waals surface area contributed by atoms with Gasteiger partial charge in [0.05, 0.1) is 6.61 Å². The number of halogens is 1. The van der Waals surface area contributed by atoms with E-state index in [1.54, 1.807) is 24.1 Å². The Kier molecular flexibility index (Phi) is 9.06. The third-order valence-corrected chi connectivity index (χ3v) is 7.12. The van der Waals surface area contributed by atoms with Gasteiger partial charge >= 0.3 is 0 Å². The maximum absolute atomic E-state index is 13.5. The van der Waals surface area contributed by atoms with Crippen LogP contribution in [0, 0.1) is 5.82 Å². The minimum absolute atomic E-state index is 0.185. The van der Waals surface area contributed by atoms with Gasteiger partial charge in [0.1, 0.15) is 11.6 Å². The van der Waals surface area contributed by atoms with Gasteiger partial charge in [-0.25, -0.2) is 4.39 Å². The Labute approximate surface area is 200 Å². The predicted octanol–water partition coefficient (Wildman–Crippen LogP) is 4.94. The van der Waals surface area contributed by atoms with Gasteiger partial charge in [-0.05, 0) is 85.8 Å². The fourth-order valence-corrected chi connectivity index (χ4v) is 4.94. The summed E-state index contributed by atoms with van der Waals surface area (Å²) in [5.41, 5.74) is 2.16. The molecule has 1 aliphatic rings. The summed E-state index contributed by atoms with van der Waals surface area (Å²) in [6.07, 6.45) is 4.96. The number of aryl methyl sites for hydroxylation is 1. The first-order chi connectivity index (χ1) is 16.2. The van der Waals surface area contributed by atoms with Crippen LogP contribution in [-0.2, 0) is 6.42 Å². The van der Waals surface area contributed by atoms with Crippen LogP contribution in [0.25, 0.3) is 10.9 Å². The molecule has 178 valence electrons. The number of H-pyrrole nitrogens is 1. The molecule has 0 amide bonds. The van der Waals surface area contributed by atoms with Crippen molar-refractivity contribution >= 4 is 22.9 Å². The second-order valence-electron chi connectivity index (χ2n) is 8.55. The van der Waals surface area contributed by atoms with Gasteiger partial charge in [0.25, 0.3) is 0 Å². The van der Waals surface area contributed by atoms with Crippen molar-refractivity contribution in [3.8, 4) is 5.75 Å². The molecule has 0 spiro atoms. The van der Waals surface area contributed by atoms with Gasteiger partial charge in [0, 0.05) is 61.3 Å². The molecular weight excluding hydrogens is 435 g/mol. The largest absolute Gasteiger partial charge is 0.494 e. The first-order valence-electron chi connectivity index (χ1n) is 12.0. The second-order valence-corrected chi connectivity index (χ2v) is 9.52. The van der Waals surface area contributed by atoms with Crippen molar-refractivity contribution in [2.24, 2.45) is 0 Å². The molecule has 0 bridgehead atoms. The van der Waals surface area contributed by atoms with Crippen LogP contribution in [0.2, 0.25) is 0 Å². The number of aromatic nitrogens is 1. The summed E-state index contributed by atoms with van der Waals surface area (Å²) in [7, 11) is 0. The van der Waals surface area contributed by atoms with Crippen LogP contribution >= 0.6 is 11.9 Å². The molecule has 7 heteroatoms. The lowest BCUT2D eigenvalue weighted by Crippen LogP contribution is -2.46. The molecule has 1 saturated heterocycles. The zero-order valence-corrected chi connectivity index (χ0v) is 20.3. The monoisotopic (exact) mass is 470 g/mol. The number of fused-ring (bicyclic) bond motifs is 1. The Balaban J connectivity index is 1.09. The van der Waals surface area contributed by atoms with Crippen LogP contribution in [0.5, 0.6) is 5.75 Å². The number of ether oxygens (including phenoxy) is 1. The van der Waals surface area contributed by atoms with Crippen LogP contribution in [0.15, 0.2) is 53.6 Å². The first kappa shape index (κ1) is 24.1. The molecule has 0 saturated carbocycles. The van der Waals surface area contributed by atoms with Crippen molar-refractivity contribution < 1.29 is 9.13 Å². The number of aromatic amines is 1. The predicted molar refractivity (Wildman–Crippen MR) is 136 cm³/mol. The van der Waals surface area contributed by atoms with Gasteiger partial charge in [-0.3, -0.25) is 4.72 Å².